The summed E-state index contributed by atoms with van der Waals surface area (Å²) in [5, 5.41) is 0. The highest BCUT2D eigenvalue weighted by atomic mass is 16.4. The molecule has 2 heterocycles. The molecule has 0 fully saturated rings. The van der Waals surface area contributed by atoms with E-state index in [1.54, 1.807) is 18.5 Å². The van der Waals surface area contributed by atoms with Gasteiger partial charge in [-0.15, -0.1) is 0 Å². The van der Waals surface area contributed by atoms with Crippen molar-refractivity contribution in [1.29, 1.82) is 0 Å². The van der Waals surface area contributed by atoms with Crippen molar-refractivity contribution >= 4 is 12.2 Å². The molecule has 118 valence electrons. The standard InChI is InChI=1S/C18H24N2O2/c1-7-15-19-11-14(22-15)18(5,6)10-8-9-16-20-13(12-21-16)17(2,3)4/h7-9,11-12H,1,10H2,2-6H3/b9-8+. The number of nitrogens with zero attached hydrogens (tertiary/aromatic N) is 2. The van der Waals surface area contributed by atoms with E-state index in [9.17, 15) is 0 Å². The number of allylic oxidation sites excluding steroid dienone is 1. The van der Waals surface area contributed by atoms with Crippen LogP contribution in [0.5, 0.6) is 0 Å². The maximum Gasteiger partial charge on any atom is 0.218 e. The Bertz CT molecular complexity index is 669. The zero-order valence-corrected chi connectivity index (χ0v) is 14.0. The van der Waals surface area contributed by atoms with Gasteiger partial charge in [-0.25, -0.2) is 9.97 Å². The van der Waals surface area contributed by atoms with Crippen LogP contribution in [-0.2, 0) is 10.8 Å². The third kappa shape index (κ3) is 3.75. The molecule has 0 radical (unpaired) electrons. The third-order valence-electron chi connectivity index (χ3n) is 3.54. The lowest BCUT2D eigenvalue weighted by Gasteiger charge is -2.18. The highest BCUT2D eigenvalue weighted by Gasteiger charge is 2.24. The Hall–Kier alpha value is -2.10. The van der Waals surface area contributed by atoms with Gasteiger partial charge in [0, 0.05) is 10.8 Å². The lowest BCUT2D eigenvalue weighted by atomic mass is 9.87. The molecule has 0 saturated heterocycles. The van der Waals surface area contributed by atoms with E-state index in [0.717, 1.165) is 17.9 Å². The first-order chi connectivity index (χ1) is 10.2. The van der Waals surface area contributed by atoms with Crippen LogP contribution in [0, 0.1) is 0 Å². The van der Waals surface area contributed by atoms with Gasteiger partial charge in [-0.1, -0.05) is 47.3 Å². The number of aromatic nitrogens is 2. The minimum absolute atomic E-state index is 0.00418. The van der Waals surface area contributed by atoms with Crippen LogP contribution >= 0.6 is 0 Å². The van der Waals surface area contributed by atoms with Crippen LogP contribution in [0.1, 0.15) is 64.3 Å². The van der Waals surface area contributed by atoms with Gasteiger partial charge in [-0.2, -0.15) is 0 Å². The molecule has 22 heavy (non-hydrogen) atoms. The second-order valence-electron chi connectivity index (χ2n) is 7.08. The molecule has 0 spiro atoms. The van der Waals surface area contributed by atoms with Gasteiger partial charge in [0.15, 0.2) is 0 Å². The molecule has 4 nitrogen and oxygen atoms in total. The van der Waals surface area contributed by atoms with Gasteiger partial charge in [0.05, 0.1) is 11.9 Å². The van der Waals surface area contributed by atoms with Crippen molar-refractivity contribution < 1.29 is 8.83 Å². The van der Waals surface area contributed by atoms with Gasteiger partial charge in [-0.3, -0.25) is 0 Å². The normalized spacial score (nSPS) is 13.0. The van der Waals surface area contributed by atoms with E-state index in [-0.39, 0.29) is 10.8 Å². The van der Waals surface area contributed by atoms with E-state index in [1.807, 2.05) is 12.2 Å². The van der Waals surface area contributed by atoms with Gasteiger partial charge >= 0.3 is 0 Å². The molecule has 0 aromatic carbocycles. The zero-order valence-electron chi connectivity index (χ0n) is 14.0. The summed E-state index contributed by atoms with van der Waals surface area (Å²) >= 11 is 0. The molecule has 0 amide bonds. The van der Waals surface area contributed by atoms with Crippen LogP contribution in [0.3, 0.4) is 0 Å². The summed E-state index contributed by atoms with van der Waals surface area (Å²) in [6.45, 7) is 14.2. The molecule has 2 rings (SSSR count). The average molecular weight is 300 g/mol. The minimum Gasteiger partial charge on any atom is -0.445 e. The highest BCUT2D eigenvalue weighted by Crippen LogP contribution is 2.29. The fraction of sp³-hybridized carbons (Fsp3) is 0.444. The molecule has 0 N–H and O–H groups in total. The Morgan fingerprint density at radius 2 is 1.91 bits per heavy atom. The van der Waals surface area contributed by atoms with Crippen LogP contribution in [0.2, 0.25) is 0 Å². The van der Waals surface area contributed by atoms with Crippen molar-refractivity contribution in [3.8, 4) is 0 Å². The predicted molar refractivity (Wildman–Crippen MR) is 88.5 cm³/mol. The quantitative estimate of drug-likeness (QED) is 0.781. The van der Waals surface area contributed by atoms with E-state index in [0.29, 0.717) is 11.8 Å². The molecule has 4 heteroatoms. The molecule has 2 aromatic rings. The maximum absolute atomic E-state index is 5.65. The van der Waals surface area contributed by atoms with Crippen molar-refractivity contribution in [3.63, 3.8) is 0 Å². The van der Waals surface area contributed by atoms with Crippen LogP contribution in [0.15, 0.2) is 33.9 Å². The van der Waals surface area contributed by atoms with Crippen LogP contribution < -0.4 is 0 Å². The van der Waals surface area contributed by atoms with Crippen LogP contribution in [0.4, 0.5) is 0 Å². The molecule has 2 aromatic heterocycles. The van der Waals surface area contributed by atoms with Gasteiger partial charge in [0.1, 0.15) is 12.0 Å². The van der Waals surface area contributed by atoms with Gasteiger partial charge in [0.25, 0.3) is 0 Å². The summed E-state index contributed by atoms with van der Waals surface area (Å²) in [7, 11) is 0. The first kappa shape index (κ1) is 16.3. The summed E-state index contributed by atoms with van der Waals surface area (Å²) < 4.78 is 11.1. The number of oxazole rings is 2. The van der Waals surface area contributed by atoms with Crippen molar-refractivity contribution in [1.82, 2.24) is 9.97 Å². The molecule has 0 atom stereocenters. The number of hydrogen-bond acceptors (Lipinski definition) is 4. The van der Waals surface area contributed by atoms with Gasteiger partial charge in [-0.05, 0) is 18.6 Å². The molecular weight excluding hydrogens is 276 g/mol. The molecule has 0 saturated carbocycles. The Kier molecular flexibility index (Phi) is 4.40. The first-order valence-corrected chi connectivity index (χ1v) is 7.44. The predicted octanol–water partition coefficient (Wildman–Crippen LogP) is 4.98. The second-order valence-corrected chi connectivity index (χ2v) is 7.08. The Balaban J connectivity index is 2.04. The van der Waals surface area contributed by atoms with Gasteiger partial charge in [0.2, 0.25) is 11.8 Å². The smallest absolute Gasteiger partial charge is 0.218 e. The van der Waals surface area contributed by atoms with Crippen molar-refractivity contribution in [3.05, 3.63) is 48.4 Å². The highest BCUT2D eigenvalue weighted by molar-refractivity contribution is 5.39. The zero-order chi connectivity index (χ0) is 16.4. The Labute approximate surface area is 132 Å². The van der Waals surface area contributed by atoms with E-state index in [1.165, 1.54) is 0 Å². The summed E-state index contributed by atoms with van der Waals surface area (Å²) in [4.78, 5) is 8.65. The molecule has 0 unspecified atom stereocenters. The topological polar surface area (TPSA) is 52.1 Å². The van der Waals surface area contributed by atoms with E-state index >= 15 is 0 Å². The minimum atomic E-state index is -0.149. The second kappa shape index (κ2) is 5.95. The number of rotatable bonds is 5. The van der Waals surface area contributed by atoms with E-state index in [4.69, 9.17) is 8.83 Å². The van der Waals surface area contributed by atoms with Crippen molar-refractivity contribution in [2.24, 2.45) is 0 Å². The van der Waals surface area contributed by atoms with Gasteiger partial charge < -0.3 is 8.83 Å². The molecule has 0 aliphatic carbocycles. The fourth-order valence-corrected chi connectivity index (χ4v) is 1.96. The fourth-order valence-electron chi connectivity index (χ4n) is 1.96. The molecular formula is C18H24N2O2. The first-order valence-electron chi connectivity index (χ1n) is 7.44. The Morgan fingerprint density at radius 1 is 1.18 bits per heavy atom. The van der Waals surface area contributed by atoms with Crippen LogP contribution in [0.25, 0.3) is 12.2 Å². The lowest BCUT2D eigenvalue weighted by Crippen LogP contribution is -2.14. The average Bonchev–Trinajstić information content (AvgIpc) is 3.06. The Morgan fingerprint density at radius 3 is 2.45 bits per heavy atom. The molecule has 0 aliphatic heterocycles. The molecule has 0 aliphatic rings. The van der Waals surface area contributed by atoms with Crippen molar-refractivity contribution in [2.45, 2.75) is 51.9 Å². The van der Waals surface area contributed by atoms with Crippen LogP contribution in [-0.4, -0.2) is 9.97 Å². The summed E-state index contributed by atoms with van der Waals surface area (Å²) in [5.74, 6) is 2.02. The summed E-state index contributed by atoms with van der Waals surface area (Å²) in [5.41, 5.74) is 0.803. The monoisotopic (exact) mass is 300 g/mol. The molecule has 0 bridgehead atoms. The van der Waals surface area contributed by atoms with E-state index in [2.05, 4.69) is 51.2 Å². The summed E-state index contributed by atoms with van der Waals surface area (Å²) in [6, 6.07) is 0. The SMILES string of the molecule is C=Cc1ncc(C(C)(C)C/C=C/c2nc(C(C)(C)C)co2)o1. The maximum atomic E-state index is 5.65. The lowest BCUT2D eigenvalue weighted by molar-refractivity contribution is 0.382. The van der Waals surface area contributed by atoms with E-state index < -0.39 is 0 Å². The largest absolute Gasteiger partial charge is 0.445 e. The summed E-state index contributed by atoms with van der Waals surface area (Å²) in [6.07, 6.45) is 9.84. The third-order valence-corrected chi connectivity index (χ3v) is 3.54. The number of hydrogen-bond donors (Lipinski definition) is 0. The van der Waals surface area contributed by atoms with Crippen molar-refractivity contribution in [2.75, 3.05) is 0 Å².